The molecule has 2 rings (SSSR count). The zero-order valence-corrected chi connectivity index (χ0v) is 10.3. The Morgan fingerprint density at radius 1 is 1.18 bits per heavy atom. The molecule has 2 aromatic rings. The number of hydrogen-bond donors (Lipinski definition) is 0. The number of ether oxygens (including phenoxy) is 1. The molecular weight excluding hydrogens is 210 g/mol. The molecule has 0 bridgehead atoms. The second kappa shape index (κ2) is 5.60. The molecule has 0 unspecified atom stereocenters. The van der Waals surface area contributed by atoms with E-state index >= 15 is 0 Å². The Kier molecular flexibility index (Phi) is 3.89. The fourth-order valence-corrected chi connectivity index (χ4v) is 1.78. The van der Waals surface area contributed by atoms with E-state index in [0.717, 1.165) is 12.3 Å². The average molecular weight is 227 g/mol. The summed E-state index contributed by atoms with van der Waals surface area (Å²) < 4.78 is 5.39. The third-order valence-electron chi connectivity index (χ3n) is 2.70. The molecule has 1 aromatic heterocycles. The number of benzene rings is 1. The van der Waals surface area contributed by atoms with Crippen LogP contribution in [0.5, 0.6) is 0 Å². The van der Waals surface area contributed by atoms with Crippen LogP contribution < -0.4 is 0 Å². The van der Waals surface area contributed by atoms with Crippen LogP contribution in [-0.4, -0.2) is 11.6 Å². The smallest absolute Gasteiger partial charge is 0.0887 e. The van der Waals surface area contributed by atoms with Crippen molar-refractivity contribution in [1.82, 2.24) is 4.98 Å². The second-order valence-electron chi connectivity index (χ2n) is 3.99. The SMILES string of the molecule is CCOCc1cc(-c2ccccc2)c(C)cn1. The van der Waals surface area contributed by atoms with Gasteiger partial charge in [0.2, 0.25) is 0 Å². The van der Waals surface area contributed by atoms with Crippen molar-refractivity contribution >= 4 is 0 Å². The van der Waals surface area contributed by atoms with E-state index in [1.807, 2.05) is 19.2 Å². The summed E-state index contributed by atoms with van der Waals surface area (Å²) in [6, 6.07) is 12.5. The first-order chi connectivity index (χ1) is 8.31. The first-order valence-electron chi connectivity index (χ1n) is 5.90. The van der Waals surface area contributed by atoms with E-state index in [9.17, 15) is 0 Å². The highest BCUT2D eigenvalue weighted by atomic mass is 16.5. The highest BCUT2D eigenvalue weighted by molar-refractivity contribution is 5.66. The van der Waals surface area contributed by atoms with E-state index < -0.39 is 0 Å². The van der Waals surface area contributed by atoms with Crippen LogP contribution in [0, 0.1) is 6.92 Å². The van der Waals surface area contributed by atoms with Crippen LogP contribution in [0.25, 0.3) is 11.1 Å². The Hall–Kier alpha value is -1.67. The van der Waals surface area contributed by atoms with Gasteiger partial charge in [0.25, 0.3) is 0 Å². The number of aromatic nitrogens is 1. The minimum Gasteiger partial charge on any atom is -0.375 e. The summed E-state index contributed by atoms with van der Waals surface area (Å²) >= 11 is 0. The minimum atomic E-state index is 0.580. The molecule has 88 valence electrons. The highest BCUT2D eigenvalue weighted by Crippen LogP contribution is 2.23. The molecule has 0 saturated carbocycles. The lowest BCUT2D eigenvalue weighted by Crippen LogP contribution is -1.97. The summed E-state index contributed by atoms with van der Waals surface area (Å²) in [4.78, 5) is 4.38. The summed E-state index contributed by atoms with van der Waals surface area (Å²) in [6.07, 6.45) is 1.91. The highest BCUT2D eigenvalue weighted by Gasteiger charge is 2.04. The normalized spacial score (nSPS) is 10.5. The summed E-state index contributed by atoms with van der Waals surface area (Å²) in [5.41, 5.74) is 4.63. The van der Waals surface area contributed by atoms with Crippen molar-refractivity contribution in [2.24, 2.45) is 0 Å². The van der Waals surface area contributed by atoms with Gasteiger partial charge in [-0.2, -0.15) is 0 Å². The Bertz CT molecular complexity index is 480. The largest absolute Gasteiger partial charge is 0.375 e. The van der Waals surface area contributed by atoms with Gasteiger partial charge < -0.3 is 4.74 Å². The molecule has 0 fully saturated rings. The standard InChI is InChI=1S/C15H17NO/c1-3-17-11-14-9-15(12(2)10-16-14)13-7-5-4-6-8-13/h4-10H,3,11H2,1-2H3. The lowest BCUT2D eigenvalue weighted by Gasteiger charge is -2.08. The van der Waals surface area contributed by atoms with Crippen molar-refractivity contribution in [3.63, 3.8) is 0 Å². The molecular formula is C15H17NO. The van der Waals surface area contributed by atoms with Crippen LogP contribution in [0.2, 0.25) is 0 Å². The molecule has 0 aliphatic rings. The molecule has 2 nitrogen and oxygen atoms in total. The van der Waals surface area contributed by atoms with Gasteiger partial charge in [-0.1, -0.05) is 30.3 Å². The van der Waals surface area contributed by atoms with Crippen molar-refractivity contribution in [3.8, 4) is 11.1 Å². The molecule has 0 atom stereocenters. The van der Waals surface area contributed by atoms with Crippen molar-refractivity contribution in [1.29, 1.82) is 0 Å². The molecule has 0 radical (unpaired) electrons. The molecule has 0 amide bonds. The van der Waals surface area contributed by atoms with Gasteiger partial charge in [-0.3, -0.25) is 4.98 Å². The number of rotatable bonds is 4. The van der Waals surface area contributed by atoms with E-state index in [-0.39, 0.29) is 0 Å². The van der Waals surface area contributed by atoms with Gasteiger partial charge in [0.15, 0.2) is 0 Å². The summed E-state index contributed by atoms with van der Waals surface area (Å²) in [5.74, 6) is 0. The minimum absolute atomic E-state index is 0.580. The van der Waals surface area contributed by atoms with E-state index in [0.29, 0.717) is 6.61 Å². The Balaban J connectivity index is 2.33. The first-order valence-corrected chi connectivity index (χ1v) is 5.90. The molecule has 2 heteroatoms. The van der Waals surface area contributed by atoms with E-state index in [1.165, 1.54) is 16.7 Å². The Morgan fingerprint density at radius 2 is 1.94 bits per heavy atom. The van der Waals surface area contributed by atoms with Gasteiger partial charge in [-0.05, 0) is 36.6 Å². The van der Waals surface area contributed by atoms with Crippen molar-refractivity contribution in [2.45, 2.75) is 20.5 Å². The zero-order valence-electron chi connectivity index (χ0n) is 10.3. The molecule has 1 aromatic carbocycles. The Morgan fingerprint density at radius 3 is 2.65 bits per heavy atom. The van der Waals surface area contributed by atoms with Crippen LogP contribution in [0.4, 0.5) is 0 Å². The van der Waals surface area contributed by atoms with Gasteiger partial charge in [-0.15, -0.1) is 0 Å². The number of hydrogen-bond acceptors (Lipinski definition) is 2. The fraction of sp³-hybridized carbons (Fsp3) is 0.267. The summed E-state index contributed by atoms with van der Waals surface area (Å²) in [5, 5.41) is 0. The van der Waals surface area contributed by atoms with Gasteiger partial charge >= 0.3 is 0 Å². The quantitative estimate of drug-likeness (QED) is 0.796. The van der Waals surface area contributed by atoms with Gasteiger partial charge in [0.05, 0.1) is 12.3 Å². The molecule has 0 saturated heterocycles. The van der Waals surface area contributed by atoms with Crippen molar-refractivity contribution < 1.29 is 4.74 Å². The summed E-state index contributed by atoms with van der Waals surface area (Å²) in [7, 11) is 0. The molecule has 0 N–H and O–H groups in total. The molecule has 0 aliphatic heterocycles. The molecule has 0 aliphatic carbocycles. The summed E-state index contributed by atoms with van der Waals surface area (Å²) in [6.45, 7) is 5.37. The predicted molar refractivity (Wildman–Crippen MR) is 69.7 cm³/mol. The fourth-order valence-electron chi connectivity index (χ4n) is 1.78. The molecule has 17 heavy (non-hydrogen) atoms. The van der Waals surface area contributed by atoms with Crippen molar-refractivity contribution in [3.05, 3.63) is 53.9 Å². The maximum atomic E-state index is 5.39. The monoisotopic (exact) mass is 227 g/mol. The van der Waals surface area contributed by atoms with Crippen LogP contribution in [0.1, 0.15) is 18.2 Å². The Labute approximate surface area is 102 Å². The topological polar surface area (TPSA) is 22.1 Å². The van der Waals surface area contributed by atoms with Crippen LogP contribution in [0.3, 0.4) is 0 Å². The maximum absolute atomic E-state index is 5.39. The number of aryl methyl sites for hydroxylation is 1. The maximum Gasteiger partial charge on any atom is 0.0887 e. The number of nitrogens with zero attached hydrogens (tertiary/aromatic N) is 1. The van der Waals surface area contributed by atoms with Gasteiger partial charge in [-0.25, -0.2) is 0 Å². The molecule has 0 spiro atoms. The van der Waals surface area contributed by atoms with Crippen LogP contribution >= 0.6 is 0 Å². The zero-order chi connectivity index (χ0) is 12.1. The average Bonchev–Trinajstić information content (AvgIpc) is 2.39. The van der Waals surface area contributed by atoms with Crippen molar-refractivity contribution in [2.75, 3.05) is 6.61 Å². The lowest BCUT2D eigenvalue weighted by molar-refractivity contribution is 0.131. The van der Waals surface area contributed by atoms with Crippen LogP contribution in [0.15, 0.2) is 42.6 Å². The third kappa shape index (κ3) is 2.92. The van der Waals surface area contributed by atoms with E-state index in [2.05, 4.69) is 42.2 Å². The van der Waals surface area contributed by atoms with Gasteiger partial charge in [0, 0.05) is 12.8 Å². The molecule has 1 heterocycles. The lowest BCUT2D eigenvalue weighted by atomic mass is 10.0. The van der Waals surface area contributed by atoms with E-state index in [4.69, 9.17) is 4.74 Å². The van der Waals surface area contributed by atoms with Crippen LogP contribution in [-0.2, 0) is 11.3 Å². The van der Waals surface area contributed by atoms with Gasteiger partial charge in [0.1, 0.15) is 0 Å². The number of pyridine rings is 1. The first kappa shape index (κ1) is 11.8. The predicted octanol–water partition coefficient (Wildman–Crippen LogP) is 3.59. The second-order valence-corrected chi connectivity index (χ2v) is 3.99. The van der Waals surface area contributed by atoms with E-state index in [1.54, 1.807) is 0 Å². The third-order valence-corrected chi connectivity index (χ3v) is 2.70.